The van der Waals surface area contributed by atoms with E-state index in [0.29, 0.717) is 12.1 Å². The second kappa shape index (κ2) is 6.87. The first-order valence-electron chi connectivity index (χ1n) is 8.07. The Kier molecular flexibility index (Phi) is 4.65. The summed E-state index contributed by atoms with van der Waals surface area (Å²) in [6.07, 6.45) is 2.86. The van der Waals surface area contributed by atoms with Crippen LogP contribution in [0.1, 0.15) is 29.2 Å². The number of carbonyl (C=O) groups is 1. The number of rotatable bonds is 5. The maximum Gasteiger partial charge on any atom is 0.224 e. The van der Waals surface area contributed by atoms with Crippen LogP contribution in [-0.4, -0.2) is 5.91 Å². The quantitative estimate of drug-likeness (QED) is 0.760. The highest BCUT2D eigenvalue weighted by atomic mass is 19.1. The molecular weight excluding hydrogens is 305 g/mol. The molecule has 0 bridgehead atoms. The molecule has 1 N–H and O–H groups in total. The van der Waals surface area contributed by atoms with Gasteiger partial charge in [0.1, 0.15) is 11.4 Å². The van der Waals surface area contributed by atoms with E-state index in [9.17, 15) is 9.18 Å². The molecule has 0 spiro atoms. The first-order chi connectivity index (χ1) is 11.6. The minimum atomic E-state index is -0.235. The van der Waals surface area contributed by atoms with Gasteiger partial charge in [-0.05, 0) is 42.2 Å². The summed E-state index contributed by atoms with van der Waals surface area (Å²) in [7, 11) is 0. The molecule has 0 unspecified atom stereocenters. The first-order valence-corrected chi connectivity index (χ1v) is 8.07. The van der Waals surface area contributed by atoms with Crippen LogP contribution in [0.2, 0.25) is 0 Å². The van der Waals surface area contributed by atoms with Gasteiger partial charge in [-0.3, -0.25) is 4.79 Å². The number of benzene rings is 2. The van der Waals surface area contributed by atoms with Gasteiger partial charge in [-0.15, -0.1) is 0 Å². The second-order valence-electron chi connectivity index (χ2n) is 5.98. The molecule has 3 aromatic rings. The molecule has 124 valence electrons. The standard InChI is InChI=1S/C20H20FNO2/c1-3-14-4-6-17-16(12-24-19(17)9-14)10-20(23)22-11-15-5-7-18(21)13(2)8-15/h4-9,12H,3,10-11H2,1-2H3,(H,22,23). The number of furan rings is 1. The van der Waals surface area contributed by atoms with Crippen LogP contribution in [-0.2, 0) is 24.2 Å². The first kappa shape index (κ1) is 16.2. The molecule has 3 rings (SSSR count). The molecule has 2 aromatic carbocycles. The number of amides is 1. The topological polar surface area (TPSA) is 42.2 Å². The summed E-state index contributed by atoms with van der Waals surface area (Å²) in [4.78, 5) is 12.2. The molecule has 1 aromatic heterocycles. The zero-order chi connectivity index (χ0) is 17.1. The van der Waals surface area contributed by atoms with E-state index < -0.39 is 0 Å². The minimum Gasteiger partial charge on any atom is -0.464 e. The summed E-state index contributed by atoms with van der Waals surface area (Å²) < 4.78 is 18.8. The summed E-state index contributed by atoms with van der Waals surface area (Å²) in [6, 6.07) is 10.9. The number of aryl methyl sites for hydroxylation is 2. The molecule has 0 fully saturated rings. The van der Waals surface area contributed by atoms with Gasteiger partial charge in [0, 0.05) is 17.5 Å². The Balaban J connectivity index is 1.65. The van der Waals surface area contributed by atoms with E-state index in [1.807, 2.05) is 12.1 Å². The van der Waals surface area contributed by atoms with Gasteiger partial charge in [-0.25, -0.2) is 4.39 Å². The Morgan fingerprint density at radius 1 is 1.17 bits per heavy atom. The van der Waals surface area contributed by atoms with Crippen LogP contribution in [0, 0.1) is 12.7 Å². The lowest BCUT2D eigenvalue weighted by Gasteiger charge is -2.06. The maximum atomic E-state index is 13.3. The monoisotopic (exact) mass is 325 g/mol. The minimum absolute atomic E-state index is 0.0840. The lowest BCUT2D eigenvalue weighted by molar-refractivity contribution is -0.120. The van der Waals surface area contributed by atoms with Gasteiger partial charge in [-0.1, -0.05) is 31.2 Å². The number of nitrogens with one attached hydrogen (secondary N) is 1. The van der Waals surface area contributed by atoms with Crippen molar-refractivity contribution in [1.29, 1.82) is 0 Å². The summed E-state index contributed by atoms with van der Waals surface area (Å²) >= 11 is 0. The fraction of sp³-hybridized carbons (Fsp3) is 0.250. The average molecular weight is 325 g/mol. The Bertz CT molecular complexity index is 882. The summed E-state index contributed by atoms with van der Waals surface area (Å²) in [5, 5.41) is 3.84. The maximum absolute atomic E-state index is 13.3. The van der Waals surface area contributed by atoms with Crippen molar-refractivity contribution in [3.63, 3.8) is 0 Å². The van der Waals surface area contributed by atoms with Crippen molar-refractivity contribution in [1.82, 2.24) is 5.32 Å². The van der Waals surface area contributed by atoms with E-state index in [1.165, 1.54) is 11.6 Å². The van der Waals surface area contributed by atoms with E-state index in [-0.39, 0.29) is 18.1 Å². The van der Waals surface area contributed by atoms with Crippen molar-refractivity contribution in [2.75, 3.05) is 0 Å². The third-order valence-corrected chi connectivity index (χ3v) is 4.19. The fourth-order valence-electron chi connectivity index (χ4n) is 2.74. The molecule has 1 heterocycles. The fourth-order valence-corrected chi connectivity index (χ4v) is 2.74. The molecule has 0 aliphatic rings. The van der Waals surface area contributed by atoms with Crippen molar-refractivity contribution in [3.05, 3.63) is 70.7 Å². The van der Waals surface area contributed by atoms with E-state index in [1.54, 1.807) is 25.3 Å². The molecule has 0 atom stereocenters. The molecule has 0 saturated heterocycles. The highest BCUT2D eigenvalue weighted by Crippen LogP contribution is 2.23. The van der Waals surface area contributed by atoms with Gasteiger partial charge >= 0.3 is 0 Å². The smallest absolute Gasteiger partial charge is 0.224 e. The van der Waals surface area contributed by atoms with E-state index in [0.717, 1.165) is 28.5 Å². The SMILES string of the molecule is CCc1ccc2c(CC(=O)NCc3ccc(F)c(C)c3)coc2c1. The van der Waals surface area contributed by atoms with Crippen LogP contribution < -0.4 is 5.32 Å². The van der Waals surface area contributed by atoms with E-state index in [2.05, 4.69) is 18.3 Å². The molecule has 4 heteroatoms. The molecule has 0 aliphatic carbocycles. The summed E-state index contributed by atoms with van der Waals surface area (Å²) in [5.41, 5.74) is 4.35. The molecule has 1 amide bonds. The van der Waals surface area contributed by atoms with Crippen LogP contribution in [0.25, 0.3) is 11.0 Å². The van der Waals surface area contributed by atoms with E-state index in [4.69, 9.17) is 4.42 Å². The van der Waals surface area contributed by atoms with Gasteiger partial charge in [-0.2, -0.15) is 0 Å². The highest BCUT2D eigenvalue weighted by molar-refractivity contribution is 5.87. The van der Waals surface area contributed by atoms with Crippen molar-refractivity contribution in [3.8, 4) is 0 Å². The predicted molar refractivity (Wildman–Crippen MR) is 92.3 cm³/mol. The predicted octanol–water partition coefficient (Wildman–Crippen LogP) is 4.30. The number of halogens is 1. The Hall–Kier alpha value is -2.62. The van der Waals surface area contributed by atoms with Gasteiger partial charge in [0.2, 0.25) is 5.91 Å². The zero-order valence-electron chi connectivity index (χ0n) is 13.9. The van der Waals surface area contributed by atoms with Crippen LogP contribution >= 0.6 is 0 Å². The van der Waals surface area contributed by atoms with Crippen molar-refractivity contribution < 1.29 is 13.6 Å². The average Bonchev–Trinajstić information content (AvgIpc) is 2.98. The normalized spacial score (nSPS) is 11.0. The summed E-state index contributed by atoms with van der Waals surface area (Å²) in [6.45, 7) is 4.19. The molecule has 3 nitrogen and oxygen atoms in total. The molecular formula is C20H20FNO2. The second-order valence-corrected chi connectivity index (χ2v) is 5.98. The number of hydrogen-bond acceptors (Lipinski definition) is 2. The third kappa shape index (κ3) is 3.48. The van der Waals surface area contributed by atoms with E-state index >= 15 is 0 Å². The van der Waals surface area contributed by atoms with Gasteiger partial charge in [0.15, 0.2) is 0 Å². The van der Waals surface area contributed by atoms with Gasteiger partial charge < -0.3 is 9.73 Å². The van der Waals surface area contributed by atoms with Crippen molar-refractivity contribution in [2.45, 2.75) is 33.2 Å². The number of hydrogen-bond donors (Lipinski definition) is 1. The lowest BCUT2D eigenvalue weighted by Crippen LogP contribution is -2.24. The molecule has 24 heavy (non-hydrogen) atoms. The largest absolute Gasteiger partial charge is 0.464 e. The number of fused-ring (bicyclic) bond motifs is 1. The summed E-state index contributed by atoms with van der Waals surface area (Å²) in [5.74, 6) is -0.319. The Morgan fingerprint density at radius 3 is 2.71 bits per heavy atom. The van der Waals surface area contributed by atoms with Crippen LogP contribution in [0.3, 0.4) is 0 Å². The van der Waals surface area contributed by atoms with Gasteiger partial charge in [0.25, 0.3) is 0 Å². The number of carbonyl (C=O) groups excluding carboxylic acids is 1. The van der Waals surface area contributed by atoms with Crippen LogP contribution in [0.5, 0.6) is 0 Å². The van der Waals surface area contributed by atoms with Gasteiger partial charge in [0.05, 0.1) is 12.7 Å². The third-order valence-electron chi connectivity index (χ3n) is 4.19. The molecule has 0 aliphatic heterocycles. The van der Waals surface area contributed by atoms with Crippen LogP contribution in [0.4, 0.5) is 4.39 Å². The van der Waals surface area contributed by atoms with Crippen molar-refractivity contribution >= 4 is 16.9 Å². The molecule has 0 radical (unpaired) electrons. The lowest BCUT2D eigenvalue weighted by atomic mass is 10.1. The van der Waals surface area contributed by atoms with Crippen molar-refractivity contribution in [2.24, 2.45) is 0 Å². The molecule has 0 saturated carbocycles. The zero-order valence-corrected chi connectivity index (χ0v) is 13.9. The highest BCUT2D eigenvalue weighted by Gasteiger charge is 2.11. The van der Waals surface area contributed by atoms with Crippen LogP contribution in [0.15, 0.2) is 47.1 Å². The Morgan fingerprint density at radius 2 is 1.96 bits per heavy atom. The Labute approximate surface area is 140 Å².